The number of aromatic nitrogens is 1. The third kappa shape index (κ3) is 4.30. The van der Waals surface area contributed by atoms with Gasteiger partial charge in [0.1, 0.15) is 6.61 Å². The molecule has 7 nitrogen and oxygen atoms in total. The van der Waals surface area contributed by atoms with Gasteiger partial charge in [0.25, 0.3) is 5.91 Å². The van der Waals surface area contributed by atoms with Crippen LogP contribution in [0.5, 0.6) is 0 Å². The summed E-state index contributed by atoms with van der Waals surface area (Å²) in [6.07, 6.45) is 1.32. The maximum absolute atomic E-state index is 12.6. The van der Waals surface area contributed by atoms with Crippen molar-refractivity contribution in [3.8, 4) is 0 Å². The first kappa shape index (κ1) is 18.4. The van der Waals surface area contributed by atoms with Crippen LogP contribution in [0.2, 0.25) is 0 Å². The maximum atomic E-state index is 12.6. The molecule has 0 fully saturated rings. The molecule has 1 aliphatic rings. The fourth-order valence-corrected chi connectivity index (χ4v) is 2.96. The van der Waals surface area contributed by atoms with Gasteiger partial charge in [-0.15, -0.1) is 0 Å². The Balaban J connectivity index is 1.58. The molecule has 2 aromatic carbocycles. The predicted molar refractivity (Wildman–Crippen MR) is 108 cm³/mol. The molecule has 0 radical (unpaired) electrons. The van der Waals surface area contributed by atoms with Gasteiger partial charge in [-0.1, -0.05) is 60.7 Å². The van der Waals surface area contributed by atoms with Gasteiger partial charge in [-0.3, -0.25) is 15.1 Å². The number of carbonyl (C=O) groups is 2. The second-order valence-electron chi connectivity index (χ2n) is 6.36. The van der Waals surface area contributed by atoms with Crippen molar-refractivity contribution in [2.75, 3.05) is 5.32 Å². The summed E-state index contributed by atoms with van der Waals surface area (Å²) in [6, 6.07) is 20.5. The molecule has 1 aliphatic heterocycles. The molecule has 0 saturated carbocycles. The molecule has 0 aliphatic carbocycles. The number of anilines is 1. The van der Waals surface area contributed by atoms with Gasteiger partial charge in [0, 0.05) is 17.3 Å². The molecule has 144 valence electrons. The molecule has 29 heavy (non-hydrogen) atoms. The number of fused-ring (bicyclic) bond motifs is 1. The highest BCUT2D eigenvalue weighted by Gasteiger charge is 2.27. The van der Waals surface area contributed by atoms with E-state index in [9.17, 15) is 9.59 Å². The molecule has 2 heterocycles. The monoisotopic (exact) mass is 386 g/mol. The Morgan fingerprint density at radius 3 is 2.52 bits per heavy atom. The van der Waals surface area contributed by atoms with Crippen molar-refractivity contribution in [1.82, 2.24) is 10.3 Å². The van der Waals surface area contributed by atoms with Crippen LogP contribution in [-0.4, -0.2) is 28.9 Å². The maximum Gasteiger partial charge on any atom is 0.409 e. The molecular weight excluding hydrogens is 368 g/mol. The number of amides is 2. The van der Waals surface area contributed by atoms with Crippen molar-refractivity contribution in [2.45, 2.75) is 12.8 Å². The number of benzene rings is 2. The third-order valence-electron chi connectivity index (χ3n) is 4.36. The van der Waals surface area contributed by atoms with Gasteiger partial charge in [-0.2, -0.15) is 0 Å². The zero-order valence-electron chi connectivity index (χ0n) is 15.4. The lowest BCUT2D eigenvalue weighted by Crippen LogP contribution is -2.42. The first-order chi connectivity index (χ1) is 14.2. The van der Waals surface area contributed by atoms with E-state index in [1.54, 1.807) is 18.5 Å². The van der Waals surface area contributed by atoms with Crippen LogP contribution in [0, 0.1) is 0 Å². The van der Waals surface area contributed by atoms with E-state index in [2.05, 4.69) is 20.6 Å². The molecule has 7 heteroatoms. The molecule has 0 spiro atoms. The van der Waals surface area contributed by atoms with Crippen molar-refractivity contribution >= 4 is 23.4 Å². The molecular formula is C22H18N4O3. The normalized spacial score (nSPS) is 15.4. The van der Waals surface area contributed by atoms with Gasteiger partial charge in [0.05, 0.1) is 17.6 Å². The molecule has 4 rings (SSSR count). The second kappa shape index (κ2) is 8.35. The van der Waals surface area contributed by atoms with E-state index >= 15 is 0 Å². The largest absolute Gasteiger partial charge is 0.445 e. The Kier molecular flexibility index (Phi) is 5.29. The van der Waals surface area contributed by atoms with Gasteiger partial charge in [0.15, 0.2) is 0 Å². The van der Waals surface area contributed by atoms with E-state index in [1.165, 1.54) is 0 Å². The number of rotatable bonds is 4. The molecule has 3 aromatic rings. The predicted octanol–water partition coefficient (Wildman–Crippen LogP) is 3.12. The summed E-state index contributed by atoms with van der Waals surface area (Å²) < 4.78 is 5.23. The standard InChI is InChI=1S/C22H18N4O3/c27-21-20(26-22(28)29-14-15-7-3-1-4-8-15)25-19(16-9-5-2-6-10-16)17-11-12-23-13-18(17)24-21/h1-13,20H,14H2,(H,24,27)(H,26,28). The van der Waals surface area contributed by atoms with Crippen molar-refractivity contribution in [3.05, 3.63) is 95.8 Å². The van der Waals surface area contributed by atoms with Crippen LogP contribution in [0.25, 0.3) is 0 Å². The van der Waals surface area contributed by atoms with Gasteiger partial charge in [0.2, 0.25) is 6.17 Å². The molecule has 1 unspecified atom stereocenters. The van der Waals surface area contributed by atoms with E-state index < -0.39 is 18.2 Å². The molecule has 2 amide bonds. The topological polar surface area (TPSA) is 92.7 Å². The fraction of sp³-hybridized carbons (Fsp3) is 0.0909. The van der Waals surface area contributed by atoms with Crippen LogP contribution in [-0.2, 0) is 16.1 Å². The summed E-state index contributed by atoms with van der Waals surface area (Å²) in [5.41, 5.74) is 3.50. The summed E-state index contributed by atoms with van der Waals surface area (Å²) in [6.45, 7) is 0.0976. The number of nitrogens with zero attached hydrogens (tertiary/aromatic N) is 2. The summed E-state index contributed by atoms with van der Waals surface area (Å²) in [4.78, 5) is 33.5. The Morgan fingerprint density at radius 1 is 1.03 bits per heavy atom. The highest BCUT2D eigenvalue weighted by molar-refractivity contribution is 6.19. The number of nitrogens with one attached hydrogen (secondary N) is 2. The molecule has 1 aromatic heterocycles. The quantitative estimate of drug-likeness (QED) is 0.721. The third-order valence-corrected chi connectivity index (χ3v) is 4.36. The number of carbonyl (C=O) groups excluding carboxylic acids is 2. The highest BCUT2D eigenvalue weighted by Crippen LogP contribution is 2.22. The lowest BCUT2D eigenvalue weighted by molar-refractivity contribution is -0.117. The number of pyridine rings is 1. The second-order valence-corrected chi connectivity index (χ2v) is 6.36. The number of hydrogen-bond acceptors (Lipinski definition) is 5. The van der Waals surface area contributed by atoms with Crippen LogP contribution < -0.4 is 10.6 Å². The van der Waals surface area contributed by atoms with Crippen molar-refractivity contribution in [1.29, 1.82) is 0 Å². The van der Waals surface area contributed by atoms with E-state index in [0.717, 1.165) is 16.7 Å². The number of ether oxygens (including phenoxy) is 1. The zero-order valence-corrected chi connectivity index (χ0v) is 15.4. The molecule has 2 N–H and O–H groups in total. The van der Waals surface area contributed by atoms with Crippen molar-refractivity contribution in [3.63, 3.8) is 0 Å². The van der Waals surface area contributed by atoms with Crippen LogP contribution >= 0.6 is 0 Å². The SMILES string of the molecule is O=C(NC1N=C(c2ccccc2)c2ccncc2NC1=O)OCc1ccccc1. The first-order valence-electron chi connectivity index (χ1n) is 9.06. The molecule has 1 atom stereocenters. The summed E-state index contributed by atoms with van der Waals surface area (Å²) in [5.74, 6) is -0.471. The van der Waals surface area contributed by atoms with Crippen molar-refractivity contribution in [2.24, 2.45) is 4.99 Å². The van der Waals surface area contributed by atoms with Gasteiger partial charge in [-0.25, -0.2) is 9.79 Å². The molecule has 0 bridgehead atoms. The summed E-state index contributed by atoms with van der Waals surface area (Å²) in [5, 5.41) is 5.30. The van der Waals surface area contributed by atoms with Crippen LogP contribution in [0.1, 0.15) is 16.7 Å². The lowest BCUT2D eigenvalue weighted by Gasteiger charge is -2.13. The van der Waals surface area contributed by atoms with E-state index in [1.807, 2.05) is 60.7 Å². The Labute approximate surface area is 167 Å². The first-order valence-corrected chi connectivity index (χ1v) is 9.06. The van der Waals surface area contributed by atoms with Gasteiger partial charge >= 0.3 is 6.09 Å². The van der Waals surface area contributed by atoms with Gasteiger partial charge in [-0.05, 0) is 11.6 Å². The van der Waals surface area contributed by atoms with Crippen LogP contribution in [0.3, 0.4) is 0 Å². The lowest BCUT2D eigenvalue weighted by atomic mass is 10.0. The number of aliphatic imine (C=N–C) groups is 1. The zero-order chi connectivity index (χ0) is 20.1. The Bertz CT molecular complexity index is 1050. The van der Waals surface area contributed by atoms with Crippen LogP contribution in [0.4, 0.5) is 10.5 Å². The van der Waals surface area contributed by atoms with E-state index in [4.69, 9.17) is 4.74 Å². The number of alkyl carbamates (subject to hydrolysis) is 1. The molecule has 0 saturated heterocycles. The fourth-order valence-electron chi connectivity index (χ4n) is 2.96. The average Bonchev–Trinajstić information content (AvgIpc) is 2.90. The number of hydrogen-bond donors (Lipinski definition) is 2. The average molecular weight is 386 g/mol. The minimum Gasteiger partial charge on any atom is -0.445 e. The highest BCUT2D eigenvalue weighted by atomic mass is 16.5. The summed E-state index contributed by atoms with van der Waals surface area (Å²) >= 11 is 0. The minimum atomic E-state index is -1.14. The van der Waals surface area contributed by atoms with Gasteiger partial charge < -0.3 is 10.1 Å². The minimum absolute atomic E-state index is 0.0976. The Hall–Kier alpha value is -4.00. The van der Waals surface area contributed by atoms with Crippen LogP contribution in [0.15, 0.2) is 84.1 Å². The Morgan fingerprint density at radius 2 is 1.76 bits per heavy atom. The van der Waals surface area contributed by atoms with E-state index in [-0.39, 0.29) is 6.61 Å². The van der Waals surface area contributed by atoms with E-state index in [0.29, 0.717) is 11.4 Å². The summed E-state index contributed by atoms with van der Waals surface area (Å²) in [7, 11) is 0. The smallest absolute Gasteiger partial charge is 0.409 e. The van der Waals surface area contributed by atoms with Crippen molar-refractivity contribution < 1.29 is 14.3 Å².